The Hall–Kier alpha value is -0.450. The molecule has 0 amide bonds. The largest absolute Gasteiger partial charge is 0.396 e. The highest BCUT2D eigenvalue weighted by Gasteiger charge is 2.35. The van der Waals surface area contributed by atoms with Gasteiger partial charge in [-0.2, -0.15) is 0 Å². The molecular formula is C15H19BrFNO. The van der Waals surface area contributed by atoms with E-state index in [1.807, 2.05) is 0 Å². The van der Waals surface area contributed by atoms with Crippen LogP contribution >= 0.6 is 15.9 Å². The number of nitrogens with one attached hydrogen (secondary N) is 1. The van der Waals surface area contributed by atoms with Gasteiger partial charge < -0.3 is 10.4 Å². The third-order valence-electron chi connectivity index (χ3n) is 4.32. The second kappa shape index (κ2) is 5.51. The molecule has 2 aliphatic carbocycles. The molecule has 104 valence electrons. The minimum atomic E-state index is -0.0902. The fourth-order valence-corrected chi connectivity index (χ4v) is 3.84. The summed E-state index contributed by atoms with van der Waals surface area (Å²) in [6.45, 7) is 0.220. The normalized spacial score (nSPS) is 23.4. The van der Waals surface area contributed by atoms with Crippen molar-refractivity contribution in [2.45, 2.75) is 44.2 Å². The Morgan fingerprint density at radius 3 is 2.84 bits per heavy atom. The second-order valence-electron chi connectivity index (χ2n) is 5.64. The first-order valence-electron chi connectivity index (χ1n) is 7.04. The topological polar surface area (TPSA) is 32.3 Å². The standard InChI is InChI=1S/C15H19BrFNO/c16-11-4-5-12(17)10-3-6-14(15(10)11)18-13(7-8-19)9-1-2-9/h4-5,9,13-14,18-19H,1-3,6-8H2. The maximum Gasteiger partial charge on any atom is 0.126 e. The van der Waals surface area contributed by atoms with Crippen LogP contribution in [0.1, 0.15) is 42.9 Å². The van der Waals surface area contributed by atoms with E-state index < -0.39 is 0 Å². The number of hydrogen-bond donors (Lipinski definition) is 2. The smallest absolute Gasteiger partial charge is 0.126 e. The lowest BCUT2D eigenvalue weighted by molar-refractivity contribution is 0.248. The minimum Gasteiger partial charge on any atom is -0.396 e. The van der Waals surface area contributed by atoms with Gasteiger partial charge in [0.15, 0.2) is 0 Å². The number of aliphatic hydroxyl groups excluding tert-OH is 1. The lowest BCUT2D eigenvalue weighted by Gasteiger charge is -2.23. The Kier molecular flexibility index (Phi) is 3.92. The van der Waals surface area contributed by atoms with Crippen molar-refractivity contribution in [3.05, 3.63) is 33.5 Å². The summed E-state index contributed by atoms with van der Waals surface area (Å²) >= 11 is 3.55. The molecular weight excluding hydrogens is 309 g/mol. The summed E-state index contributed by atoms with van der Waals surface area (Å²) in [6.07, 6.45) is 5.05. The molecule has 1 saturated carbocycles. The van der Waals surface area contributed by atoms with Gasteiger partial charge in [-0.3, -0.25) is 0 Å². The van der Waals surface area contributed by atoms with E-state index in [4.69, 9.17) is 0 Å². The zero-order valence-electron chi connectivity index (χ0n) is 10.8. The van der Waals surface area contributed by atoms with Gasteiger partial charge in [0.2, 0.25) is 0 Å². The Morgan fingerprint density at radius 1 is 1.37 bits per heavy atom. The number of aliphatic hydroxyl groups is 1. The quantitative estimate of drug-likeness (QED) is 0.869. The molecule has 2 N–H and O–H groups in total. The lowest BCUT2D eigenvalue weighted by Crippen LogP contribution is -2.34. The van der Waals surface area contributed by atoms with Crippen molar-refractivity contribution in [1.82, 2.24) is 5.32 Å². The van der Waals surface area contributed by atoms with Crippen LogP contribution in [0.25, 0.3) is 0 Å². The van der Waals surface area contributed by atoms with E-state index in [9.17, 15) is 9.50 Å². The van der Waals surface area contributed by atoms with Gasteiger partial charge in [0, 0.05) is 23.2 Å². The summed E-state index contributed by atoms with van der Waals surface area (Å²) in [7, 11) is 0. The summed E-state index contributed by atoms with van der Waals surface area (Å²) < 4.78 is 14.8. The molecule has 0 heterocycles. The van der Waals surface area contributed by atoms with E-state index in [0.29, 0.717) is 12.0 Å². The van der Waals surface area contributed by atoms with Gasteiger partial charge in [-0.1, -0.05) is 15.9 Å². The number of halogens is 2. The van der Waals surface area contributed by atoms with Gasteiger partial charge in [0.05, 0.1) is 0 Å². The first-order chi connectivity index (χ1) is 9.20. The molecule has 3 rings (SSSR count). The Bertz CT molecular complexity index is 475. The Labute approximate surface area is 121 Å². The van der Waals surface area contributed by atoms with E-state index in [-0.39, 0.29) is 18.5 Å². The van der Waals surface area contributed by atoms with Crippen LogP contribution in [0.15, 0.2) is 16.6 Å². The van der Waals surface area contributed by atoms with Gasteiger partial charge in [0.25, 0.3) is 0 Å². The van der Waals surface area contributed by atoms with Crippen LogP contribution in [0.3, 0.4) is 0 Å². The molecule has 2 atom stereocenters. The van der Waals surface area contributed by atoms with Gasteiger partial charge >= 0.3 is 0 Å². The molecule has 0 aromatic heterocycles. The molecule has 1 aromatic rings. The summed E-state index contributed by atoms with van der Waals surface area (Å²) in [5.41, 5.74) is 1.94. The zero-order valence-corrected chi connectivity index (χ0v) is 12.4. The van der Waals surface area contributed by atoms with E-state index >= 15 is 0 Å². The highest BCUT2D eigenvalue weighted by Crippen LogP contribution is 2.41. The molecule has 0 spiro atoms. The van der Waals surface area contributed by atoms with Crippen molar-refractivity contribution in [3.63, 3.8) is 0 Å². The third kappa shape index (κ3) is 2.71. The van der Waals surface area contributed by atoms with Crippen molar-refractivity contribution < 1.29 is 9.50 Å². The lowest BCUT2D eigenvalue weighted by atomic mass is 10.0. The maximum absolute atomic E-state index is 13.8. The molecule has 0 saturated heterocycles. The fourth-order valence-electron chi connectivity index (χ4n) is 3.19. The first-order valence-corrected chi connectivity index (χ1v) is 7.83. The van der Waals surface area contributed by atoms with Gasteiger partial charge in [-0.15, -0.1) is 0 Å². The number of fused-ring (bicyclic) bond motifs is 1. The summed E-state index contributed by atoms with van der Waals surface area (Å²) in [4.78, 5) is 0. The molecule has 2 nitrogen and oxygen atoms in total. The van der Waals surface area contributed by atoms with Crippen molar-refractivity contribution in [1.29, 1.82) is 0 Å². The fraction of sp³-hybridized carbons (Fsp3) is 0.600. The second-order valence-corrected chi connectivity index (χ2v) is 6.49. The van der Waals surface area contributed by atoms with Crippen LogP contribution in [0.2, 0.25) is 0 Å². The van der Waals surface area contributed by atoms with E-state index in [1.54, 1.807) is 6.07 Å². The SMILES string of the molecule is OCCC(NC1CCc2c(F)ccc(Br)c21)C1CC1. The highest BCUT2D eigenvalue weighted by molar-refractivity contribution is 9.10. The average molecular weight is 328 g/mol. The molecule has 0 radical (unpaired) electrons. The van der Waals surface area contributed by atoms with Crippen LogP contribution in [-0.2, 0) is 6.42 Å². The Balaban J connectivity index is 1.79. The number of hydrogen-bond acceptors (Lipinski definition) is 2. The predicted octanol–water partition coefficient (Wildman–Crippen LogP) is 3.33. The van der Waals surface area contributed by atoms with Gasteiger partial charge in [-0.25, -0.2) is 4.39 Å². The van der Waals surface area contributed by atoms with Gasteiger partial charge in [-0.05, 0) is 61.3 Å². The predicted molar refractivity (Wildman–Crippen MR) is 76.5 cm³/mol. The van der Waals surface area contributed by atoms with E-state index in [1.165, 1.54) is 18.9 Å². The molecule has 19 heavy (non-hydrogen) atoms. The van der Waals surface area contributed by atoms with E-state index in [0.717, 1.165) is 34.9 Å². The highest BCUT2D eigenvalue weighted by atomic mass is 79.9. The van der Waals surface area contributed by atoms with Gasteiger partial charge in [0.1, 0.15) is 5.82 Å². The van der Waals surface area contributed by atoms with Crippen LogP contribution in [-0.4, -0.2) is 17.8 Å². The number of benzene rings is 1. The molecule has 4 heteroatoms. The van der Waals surface area contributed by atoms with Crippen molar-refractivity contribution in [3.8, 4) is 0 Å². The summed E-state index contributed by atoms with van der Waals surface area (Å²) in [5, 5.41) is 12.8. The van der Waals surface area contributed by atoms with Crippen molar-refractivity contribution in [2.75, 3.05) is 6.61 Å². The molecule has 2 unspecified atom stereocenters. The van der Waals surface area contributed by atoms with E-state index in [2.05, 4.69) is 21.2 Å². The maximum atomic E-state index is 13.8. The van der Waals surface area contributed by atoms with Crippen molar-refractivity contribution in [2.24, 2.45) is 5.92 Å². The molecule has 0 bridgehead atoms. The first kappa shape index (κ1) is 13.5. The van der Waals surface area contributed by atoms with Crippen LogP contribution in [0, 0.1) is 11.7 Å². The Morgan fingerprint density at radius 2 is 2.16 bits per heavy atom. The van der Waals surface area contributed by atoms with Crippen LogP contribution < -0.4 is 5.32 Å². The number of rotatable bonds is 5. The monoisotopic (exact) mass is 327 g/mol. The average Bonchev–Trinajstić information content (AvgIpc) is 3.15. The van der Waals surface area contributed by atoms with Crippen molar-refractivity contribution >= 4 is 15.9 Å². The molecule has 2 aliphatic rings. The summed E-state index contributed by atoms with van der Waals surface area (Å²) in [6, 6.07) is 3.93. The molecule has 0 aliphatic heterocycles. The minimum absolute atomic E-state index is 0.0902. The molecule has 1 fully saturated rings. The van der Waals surface area contributed by atoms with Crippen LogP contribution in [0.5, 0.6) is 0 Å². The zero-order chi connectivity index (χ0) is 13.4. The molecule has 1 aromatic carbocycles. The third-order valence-corrected chi connectivity index (χ3v) is 5.02. The van der Waals surface area contributed by atoms with Crippen LogP contribution in [0.4, 0.5) is 4.39 Å². The summed E-state index contributed by atoms with van der Waals surface area (Å²) in [5.74, 6) is 0.608.